The van der Waals surface area contributed by atoms with Gasteiger partial charge in [0.2, 0.25) is 5.95 Å². The molecule has 0 unspecified atom stereocenters. The fourth-order valence-electron chi connectivity index (χ4n) is 4.05. The summed E-state index contributed by atoms with van der Waals surface area (Å²) >= 11 is 0. The van der Waals surface area contributed by atoms with Crippen molar-refractivity contribution in [2.45, 2.75) is 13.3 Å². The first-order valence-electron chi connectivity index (χ1n) is 10.7. The molecule has 5 aromatic rings. The van der Waals surface area contributed by atoms with Gasteiger partial charge in [0.15, 0.2) is 0 Å². The number of H-pyrrole nitrogens is 1. The Bertz CT molecular complexity index is 1400. The minimum absolute atomic E-state index is 0.601. The molecule has 7 heteroatoms. The van der Waals surface area contributed by atoms with E-state index < -0.39 is 0 Å². The number of fused-ring (bicyclic) bond motifs is 2. The summed E-state index contributed by atoms with van der Waals surface area (Å²) in [5, 5.41) is 9.14. The van der Waals surface area contributed by atoms with Crippen LogP contribution in [0.4, 0.5) is 17.5 Å². The highest BCUT2D eigenvalue weighted by molar-refractivity contribution is 5.94. The smallest absolute Gasteiger partial charge is 0.224 e. The van der Waals surface area contributed by atoms with Gasteiger partial charge in [-0.05, 0) is 61.4 Å². The Morgan fingerprint density at radius 2 is 2.00 bits per heavy atom. The van der Waals surface area contributed by atoms with Crippen molar-refractivity contribution < 1.29 is 4.74 Å². The zero-order valence-corrected chi connectivity index (χ0v) is 18.4. The quantitative estimate of drug-likeness (QED) is 0.335. The van der Waals surface area contributed by atoms with Gasteiger partial charge in [-0.2, -0.15) is 4.98 Å². The molecule has 5 rings (SSSR count). The molecule has 3 heterocycles. The van der Waals surface area contributed by atoms with Crippen molar-refractivity contribution in [3.05, 3.63) is 72.2 Å². The number of hydrogen-bond acceptors (Lipinski definition) is 5. The highest BCUT2D eigenvalue weighted by atomic mass is 16.5. The van der Waals surface area contributed by atoms with E-state index in [1.54, 1.807) is 13.3 Å². The Hall–Kier alpha value is -4.00. The van der Waals surface area contributed by atoms with E-state index in [1.807, 2.05) is 24.4 Å². The Morgan fingerprint density at radius 3 is 2.88 bits per heavy atom. The Kier molecular flexibility index (Phi) is 5.15. The monoisotopic (exact) mass is 426 g/mol. The number of methoxy groups -OCH3 is 1. The molecule has 162 valence electrons. The molecule has 0 spiro atoms. The van der Waals surface area contributed by atoms with Crippen LogP contribution in [0, 0.1) is 6.92 Å². The number of rotatable bonds is 7. The molecule has 0 aliphatic rings. The molecule has 0 aliphatic heterocycles. The number of nitrogens with zero attached hydrogens (tertiary/aromatic N) is 3. The van der Waals surface area contributed by atoms with Crippen LogP contribution in [-0.4, -0.2) is 33.2 Å². The van der Waals surface area contributed by atoms with Crippen LogP contribution >= 0.6 is 0 Å². The lowest BCUT2D eigenvalue weighted by molar-refractivity contribution is 0.415. The standard InChI is InChI=1S/C25H26N6O/c1-16-13-20-22(5-4-6-23(20)31(16)2)29-24-10-12-27-25(30-24)26-11-9-17-15-28-21-8-7-18(32-3)14-19(17)21/h4-8,10,12-15,28H,9,11H2,1-3H3,(H2,26,27,29,30). The van der Waals surface area contributed by atoms with Gasteiger partial charge < -0.3 is 24.9 Å². The van der Waals surface area contributed by atoms with Gasteiger partial charge in [-0.1, -0.05) is 6.07 Å². The molecule has 3 N–H and O–H groups in total. The number of aryl methyl sites for hydroxylation is 2. The molecule has 2 aromatic carbocycles. The lowest BCUT2D eigenvalue weighted by Crippen LogP contribution is -2.08. The summed E-state index contributed by atoms with van der Waals surface area (Å²) in [6.45, 7) is 2.83. The fourth-order valence-corrected chi connectivity index (χ4v) is 4.05. The lowest BCUT2D eigenvalue weighted by atomic mass is 10.1. The van der Waals surface area contributed by atoms with Gasteiger partial charge in [-0.15, -0.1) is 0 Å². The number of anilines is 3. The number of benzene rings is 2. The van der Waals surface area contributed by atoms with Crippen LogP contribution in [-0.2, 0) is 13.5 Å². The summed E-state index contributed by atoms with van der Waals surface area (Å²) in [5.74, 6) is 2.22. The normalized spacial score (nSPS) is 11.2. The maximum absolute atomic E-state index is 5.36. The third-order valence-corrected chi connectivity index (χ3v) is 5.90. The lowest BCUT2D eigenvalue weighted by Gasteiger charge is -2.10. The zero-order valence-electron chi connectivity index (χ0n) is 18.4. The van der Waals surface area contributed by atoms with Gasteiger partial charge >= 0.3 is 0 Å². The number of aromatic nitrogens is 4. The van der Waals surface area contributed by atoms with E-state index in [1.165, 1.54) is 27.5 Å². The van der Waals surface area contributed by atoms with Crippen molar-refractivity contribution in [3.8, 4) is 5.75 Å². The van der Waals surface area contributed by atoms with Crippen molar-refractivity contribution in [3.63, 3.8) is 0 Å². The Morgan fingerprint density at radius 1 is 1.09 bits per heavy atom. The third-order valence-electron chi connectivity index (χ3n) is 5.90. The first-order valence-corrected chi connectivity index (χ1v) is 10.7. The molecule has 3 aromatic heterocycles. The second-order valence-electron chi connectivity index (χ2n) is 7.88. The van der Waals surface area contributed by atoms with Crippen molar-refractivity contribution in [2.75, 3.05) is 24.3 Å². The Labute approximate surface area is 186 Å². The second-order valence-corrected chi connectivity index (χ2v) is 7.88. The topological polar surface area (TPSA) is 79.8 Å². The fraction of sp³-hybridized carbons (Fsp3) is 0.200. The van der Waals surface area contributed by atoms with E-state index >= 15 is 0 Å². The minimum atomic E-state index is 0.601. The maximum atomic E-state index is 5.36. The predicted molar refractivity (Wildman–Crippen MR) is 130 cm³/mol. The molecular weight excluding hydrogens is 400 g/mol. The molecule has 0 aliphatic carbocycles. The predicted octanol–water partition coefficient (Wildman–Crippen LogP) is 5.16. The van der Waals surface area contributed by atoms with E-state index in [0.29, 0.717) is 5.95 Å². The van der Waals surface area contributed by atoms with Crippen molar-refractivity contribution >= 4 is 39.3 Å². The minimum Gasteiger partial charge on any atom is -0.497 e. The van der Waals surface area contributed by atoms with Gasteiger partial charge in [-0.3, -0.25) is 0 Å². The second kappa shape index (κ2) is 8.26. The average molecular weight is 427 g/mol. The van der Waals surface area contributed by atoms with Gasteiger partial charge in [0, 0.05) is 53.7 Å². The molecule has 0 radical (unpaired) electrons. The molecule has 0 bridgehead atoms. The van der Waals surface area contributed by atoms with E-state index in [-0.39, 0.29) is 0 Å². The summed E-state index contributed by atoms with van der Waals surface area (Å²) in [4.78, 5) is 12.3. The van der Waals surface area contributed by atoms with Crippen molar-refractivity contribution in [1.82, 2.24) is 19.5 Å². The van der Waals surface area contributed by atoms with Crippen LogP contribution in [0.5, 0.6) is 5.75 Å². The molecule has 0 amide bonds. The largest absolute Gasteiger partial charge is 0.497 e. The SMILES string of the molecule is COc1ccc2[nH]cc(CCNc3nccc(Nc4cccc5c4cc(C)n5C)n3)c2c1. The van der Waals surface area contributed by atoms with E-state index in [9.17, 15) is 0 Å². The van der Waals surface area contributed by atoms with Crippen LogP contribution in [0.1, 0.15) is 11.3 Å². The van der Waals surface area contributed by atoms with Crippen molar-refractivity contribution in [1.29, 1.82) is 0 Å². The first kappa shape index (κ1) is 19.9. The summed E-state index contributed by atoms with van der Waals surface area (Å²) < 4.78 is 7.55. The number of aromatic amines is 1. The van der Waals surface area contributed by atoms with E-state index in [4.69, 9.17) is 4.74 Å². The molecule has 7 nitrogen and oxygen atoms in total. The summed E-state index contributed by atoms with van der Waals surface area (Å²) in [6.07, 6.45) is 4.66. The maximum Gasteiger partial charge on any atom is 0.224 e. The summed E-state index contributed by atoms with van der Waals surface area (Å²) in [6, 6.07) is 16.4. The molecule has 0 saturated heterocycles. The van der Waals surface area contributed by atoms with E-state index in [0.717, 1.165) is 35.7 Å². The van der Waals surface area contributed by atoms with Crippen LogP contribution in [0.15, 0.2) is 60.9 Å². The molecule has 0 atom stereocenters. The number of nitrogens with one attached hydrogen (secondary N) is 3. The van der Waals surface area contributed by atoms with Crippen LogP contribution in [0.3, 0.4) is 0 Å². The van der Waals surface area contributed by atoms with Gasteiger partial charge in [0.05, 0.1) is 12.6 Å². The summed E-state index contributed by atoms with van der Waals surface area (Å²) in [5.41, 5.74) is 5.77. The first-order chi connectivity index (χ1) is 15.6. The highest BCUT2D eigenvalue weighted by Crippen LogP contribution is 2.28. The summed E-state index contributed by atoms with van der Waals surface area (Å²) in [7, 11) is 3.77. The average Bonchev–Trinajstić information content (AvgIpc) is 3.35. The molecule has 0 saturated carbocycles. The van der Waals surface area contributed by atoms with Crippen LogP contribution in [0.25, 0.3) is 21.8 Å². The van der Waals surface area contributed by atoms with Gasteiger partial charge in [0.25, 0.3) is 0 Å². The van der Waals surface area contributed by atoms with Crippen LogP contribution in [0.2, 0.25) is 0 Å². The number of ether oxygens (including phenoxy) is 1. The third kappa shape index (κ3) is 3.73. The molecular formula is C25H26N6O. The number of hydrogen-bond donors (Lipinski definition) is 3. The molecule has 32 heavy (non-hydrogen) atoms. The van der Waals surface area contributed by atoms with Crippen molar-refractivity contribution in [2.24, 2.45) is 7.05 Å². The molecule has 0 fully saturated rings. The van der Waals surface area contributed by atoms with E-state index in [2.05, 4.69) is 74.5 Å². The highest BCUT2D eigenvalue weighted by Gasteiger charge is 2.09. The Balaban J connectivity index is 1.29. The van der Waals surface area contributed by atoms with Gasteiger partial charge in [-0.25, -0.2) is 4.98 Å². The van der Waals surface area contributed by atoms with Crippen LogP contribution < -0.4 is 15.4 Å². The van der Waals surface area contributed by atoms with Gasteiger partial charge in [0.1, 0.15) is 11.6 Å². The zero-order chi connectivity index (χ0) is 22.1.